The molecule has 30 heavy (non-hydrogen) atoms. The molecule has 3 amide bonds. The summed E-state index contributed by atoms with van der Waals surface area (Å²) in [6.45, 7) is 2.37. The van der Waals surface area contributed by atoms with E-state index in [-0.39, 0.29) is 18.4 Å². The number of anilines is 1. The third-order valence-corrected chi connectivity index (χ3v) is 4.71. The van der Waals surface area contributed by atoms with Gasteiger partial charge in [0.15, 0.2) is 12.1 Å². The van der Waals surface area contributed by atoms with E-state index in [1.807, 2.05) is 30.3 Å². The summed E-state index contributed by atoms with van der Waals surface area (Å²) in [5, 5.41) is 5.50. The third kappa shape index (κ3) is 5.15. The average Bonchev–Trinajstić information content (AvgIpc) is 3.05. The van der Waals surface area contributed by atoms with Gasteiger partial charge in [0.05, 0.1) is 13.2 Å². The van der Waals surface area contributed by atoms with E-state index in [0.717, 1.165) is 5.56 Å². The number of carbonyl (C=O) groups excluding carboxylic acids is 3. The molecule has 2 aromatic carbocycles. The Morgan fingerprint density at radius 2 is 1.80 bits per heavy atom. The summed E-state index contributed by atoms with van der Waals surface area (Å²) in [6.07, 6.45) is -1.32. The van der Waals surface area contributed by atoms with Crippen LogP contribution < -0.4 is 10.6 Å². The molecule has 0 bridgehead atoms. The van der Waals surface area contributed by atoms with Gasteiger partial charge < -0.3 is 20.1 Å². The molecule has 0 aromatic heterocycles. The van der Waals surface area contributed by atoms with E-state index in [1.165, 1.54) is 11.8 Å². The van der Waals surface area contributed by atoms with Gasteiger partial charge >= 0.3 is 6.09 Å². The minimum Gasteiger partial charge on any atom is -0.438 e. The molecule has 2 N–H and O–H groups in total. The number of ether oxygens (including phenoxy) is 2. The Morgan fingerprint density at radius 3 is 2.43 bits per heavy atom. The van der Waals surface area contributed by atoms with Crippen LogP contribution >= 0.6 is 0 Å². The summed E-state index contributed by atoms with van der Waals surface area (Å²) < 4.78 is 10.6. The van der Waals surface area contributed by atoms with Crippen LogP contribution in [0.2, 0.25) is 0 Å². The molecule has 1 heterocycles. The van der Waals surface area contributed by atoms with Crippen molar-refractivity contribution in [3.63, 3.8) is 0 Å². The van der Waals surface area contributed by atoms with Gasteiger partial charge in [-0.3, -0.25) is 14.5 Å². The van der Waals surface area contributed by atoms with Crippen LogP contribution in [0.15, 0.2) is 54.6 Å². The Kier molecular flexibility index (Phi) is 7.03. The molecule has 8 nitrogen and oxygen atoms in total. The second kappa shape index (κ2) is 9.89. The first-order valence-electron chi connectivity index (χ1n) is 9.65. The molecule has 0 saturated carbocycles. The molecule has 0 aliphatic carbocycles. The highest BCUT2D eigenvalue weighted by Crippen LogP contribution is 2.34. The van der Waals surface area contributed by atoms with Crippen molar-refractivity contribution in [2.75, 3.05) is 25.6 Å². The minimum absolute atomic E-state index is 0.181. The molecule has 2 atom stereocenters. The lowest BCUT2D eigenvalue weighted by atomic mass is 10.0. The Morgan fingerprint density at radius 1 is 1.10 bits per heavy atom. The van der Waals surface area contributed by atoms with Crippen LogP contribution in [0.3, 0.4) is 0 Å². The zero-order valence-corrected chi connectivity index (χ0v) is 17.0. The topological polar surface area (TPSA) is 97.0 Å². The fraction of sp³-hybridized carbons (Fsp3) is 0.318. The van der Waals surface area contributed by atoms with Gasteiger partial charge in [-0.15, -0.1) is 0 Å². The molecular formula is C22H25N3O5. The van der Waals surface area contributed by atoms with E-state index in [9.17, 15) is 14.4 Å². The summed E-state index contributed by atoms with van der Waals surface area (Å²) in [4.78, 5) is 38.3. The van der Waals surface area contributed by atoms with Crippen LogP contribution in [0.4, 0.5) is 10.5 Å². The number of nitrogens with zero attached hydrogens (tertiary/aromatic N) is 1. The van der Waals surface area contributed by atoms with Crippen molar-refractivity contribution < 1.29 is 23.9 Å². The van der Waals surface area contributed by atoms with Crippen molar-refractivity contribution in [3.8, 4) is 0 Å². The average molecular weight is 411 g/mol. The van der Waals surface area contributed by atoms with Gasteiger partial charge in [0.1, 0.15) is 0 Å². The number of hydrogen-bond acceptors (Lipinski definition) is 5. The minimum atomic E-state index is -0.832. The monoisotopic (exact) mass is 411 g/mol. The number of rotatable bonds is 8. The summed E-state index contributed by atoms with van der Waals surface area (Å²) in [5.41, 5.74) is 2.18. The van der Waals surface area contributed by atoms with Crippen molar-refractivity contribution in [1.82, 2.24) is 10.2 Å². The zero-order chi connectivity index (χ0) is 21.5. The lowest BCUT2D eigenvalue weighted by Crippen LogP contribution is -2.46. The molecule has 1 saturated heterocycles. The Balaban J connectivity index is 1.85. The van der Waals surface area contributed by atoms with Gasteiger partial charge in [-0.2, -0.15) is 0 Å². The molecule has 2 aromatic rings. The van der Waals surface area contributed by atoms with E-state index in [0.29, 0.717) is 24.4 Å². The smallest absolute Gasteiger partial charge is 0.411 e. The number of benzene rings is 2. The maximum atomic E-state index is 13.0. The predicted octanol–water partition coefficient (Wildman–Crippen LogP) is 2.47. The lowest BCUT2D eigenvalue weighted by molar-refractivity contribution is -0.126. The van der Waals surface area contributed by atoms with E-state index >= 15 is 0 Å². The van der Waals surface area contributed by atoms with Crippen LogP contribution in [0.1, 0.15) is 24.2 Å². The van der Waals surface area contributed by atoms with Crippen molar-refractivity contribution in [3.05, 3.63) is 65.7 Å². The van der Waals surface area contributed by atoms with Crippen LogP contribution in [0, 0.1) is 0 Å². The maximum absolute atomic E-state index is 13.0. The van der Waals surface area contributed by atoms with Crippen molar-refractivity contribution in [1.29, 1.82) is 0 Å². The standard InChI is InChI=1S/C22H25N3O5/c1-15(26)24-18-10-8-17(9-11-18)20-19(21(27)23-12-13-29-2)25(22(28)30-20)14-16-6-4-3-5-7-16/h3-11,19-20H,12-14H2,1-2H3,(H,23,27)(H,24,26). The molecule has 1 fully saturated rings. The number of nitrogens with one attached hydrogen (secondary N) is 2. The molecule has 2 unspecified atom stereocenters. The lowest BCUT2D eigenvalue weighted by Gasteiger charge is -2.24. The highest BCUT2D eigenvalue weighted by molar-refractivity contribution is 5.90. The number of hydrogen-bond donors (Lipinski definition) is 2. The normalized spacial score (nSPS) is 18.1. The van der Waals surface area contributed by atoms with Crippen molar-refractivity contribution in [2.45, 2.75) is 25.6 Å². The summed E-state index contributed by atoms with van der Waals surface area (Å²) in [6, 6.07) is 15.5. The number of cyclic esters (lactones) is 1. The van der Waals surface area contributed by atoms with Crippen LogP contribution in [-0.2, 0) is 25.6 Å². The van der Waals surface area contributed by atoms with Crippen molar-refractivity contribution >= 4 is 23.6 Å². The molecule has 158 valence electrons. The van der Waals surface area contributed by atoms with Crippen LogP contribution in [0.5, 0.6) is 0 Å². The summed E-state index contributed by atoms with van der Waals surface area (Å²) >= 11 is 0. The molecule has 0 spiro atoms. The second-order valence-corrected chi connectivity index (χ2v) is 6.95. The number of methoxy groups -OCH3 is 1. The van der Waals surface area contributed by atoms with E-state index in [1.54, 1.807) is 31.4 Å². The summed E-state index contributed by atoms with van der Waals surface area (Å²) in [7, 11) is 1.55. The number of carbonyl (C=O) groups is 3. The molecule has 3 rings (SSSR count). The van der Waals surface area contributed by atoms with Gasteiger partial charge in [-0.05, 0) is 23.3 Å². The van der Waals surface area contributed by atoms with Crippen molar-refractivity contribution in [2.24, 2.45) is 0 Å². The SMILES string of the molecule is COCCNC(=O)C1C(c2ccc(NC(C)=O)cc2)OC(=O)N1Cc1ccccc1. The second-order valence-electron chi connectivity index (χ2n) is 6.95. The first-order valence-corrected chi connectivity index (χ1v) is 9.65. The Hall–Kier alpha value is -3.39. The molecule has 1 aliphatic heterocycles. The quantitative estimate of drug-likeness (QED) is 0.651. The fourth-order valence-electron chi connectivity index (χ4n) is 3.33. The van der Waals surface area contributed by atoms with Gasteiger partial charge in [0.25, 0.3) is 0 Å². The predicted molar refractivity (Wildman–Crippen MR) is 111 cm³/mol. The van der Waals surface area contributed by atoms with Gasteiger partial charge in [0, 0.05) is 26.3 Å². The number of amides is 3. The molecule has 0 radical (unpaired) electrons. The molecule has 8 heteroatoms. The highest BCUT2D eigenvalue weighted by Gasteiger charge is 2.46. The third-order valence-electron chi connectivity index (χ3n) is 4.71. The molecule has 1 aliphatic rings. The van der Waals surface area contributed by atoms with Gasteiger partial charge in [0.2, 0.25) is 11.8 Å². The summed E-state index contributed by atoms with van der Waals surface area (Å²) in [5.74, 6) is -0.496. The fourth-order valence-corrected chi connectivity index (χ4v) is 3.33. The first-order chi connectivity index (χ1) is 14.5. The van der Waals surface area contributed by atoms with Crippen LogP contribution in [0.25, 0.3) is 0 Å². The molecular weight excluding hydrogens is 386 g/mol. The van der Waals surface area contributed by atoms with Gasteiger partial charge in [-0.1, -0.05) is 42.5 Å². The Bertz CT molecular complexity index is 885. The van der Waals surface area contributed by atoms with Gasteiger partial charge in [-0.25, -0.2) is 4.79 Å². The Labute approximate surface area is 175 Å². The highest BCUT2D eigenvalue weighted by atomic mass is 16.6. The zero-order valence-electron chi connectivity index (χ0n) is 17.0. The van der Waals surface area contributed by atoms with E-state index in [2.05, 4.69) is 10.6 Å². The largest absolute Gasteiger partial charge is 0.438 e. The van der Waals surface area contributed by atoms with E-state index < -0.39 is 18.2 Å². The van der Waals surface area contributed by atoms with E-state index in [4.69, 9.17) is 9.47 Å². The van der Waals surface area contributed by atoms with Crippen LogP contribution in [-0.4, -0.2) is 49.1 Å². The first kappa shape index (κ1) is 21.3. The maximum Gasteiger partial charge on any atom is 0.411 e.